The van der Waals surface area contributed by atoms with Crippen LogP contribution in [0.5, 0.6) is 5.75 Å². The van der Waals surface area contributed by atoms with Gasteiger partial charge >= 0.3 is 6.03 Å². The van der Waals surface area contributed by atoms with E-state index in [1.165, 1.54) is 12.4 Å². The molecule has 0 radical (unpaired) electrons. The number of nitrogens with zero attached hydrogens (tertiary/aromatic N) is 3. The maximum Gasteiger partial charge on any atom is 0.324 e. The van der Waals surface area contributed by atoms with Crippen LogP contribution in [0, 0.1) is 11.3 Å². The van der Waals surface area contributed by atoms with Gasteiger partial charge in [-0.15, -0.1) is 0 Å². The van der Waals surface area contributed by atoms with E-state index in [2.05, 4.69) is 20.6 Å². The zero-order chi connectivity index (χ0) is 16.5. The zero-order valence-corrected chi connectivity index (χ0v) is 12.3. The van der Waals surface area contributed by atoms with Crippen LogP contribution in [0.15, 0.2) is 36.7 Å². The average Bonchev–Trinajstić information content (AvgIpc) is 2.57. The van der Waals surface area contributed by atoms with Crippen molar-refractivity contribution >= 4 is 17.5 Å². The Hall–Kier alpha value is -3.18. The topological polar surface area (TPSA) is 126 Å². The van der Waals surface area contributed by atoms with Gasteiger partial charge in [0.25, 0.3) is 0 Å². The first-order chi connectivity index (χ1) is 11.2. The largest absolute Gasteiger partial charge is 0.491 e. The van der Waals surface area contributed by atoms with Gasteiger partial charge < -0.3 is 15.8 Å². The van der Waals surface area contributed by atoms with Crippen molar-refractivity contribution in [2.45, 2.75) is 6.42 Å². The smallest absolute Gasteiger partial charge is 0.324 e. The molecule has 2 aromatic rings. The number of hydrogen-bond acceptors (Lipinski definition) is 6. The van der Waals surface area contributed by atoms with Crippen molar-refractivity contribution in [1.29, 1.82) is 5.26 Å². The predicted octanol–water partition coefficient (Wildman–Crippen LogP) is 1.72. The number of nitriles is 1. The van der Waals surface area contributed by atoms with Crippen molar-refractivity contribution in [2.75, 3.05) is 23.8 Å². The number of carbonyl (C=O) groups excluding carboxylic acids is 1. The van der Waals surface area contributed by atoms with E-state index in [9.17, 15) is 4.79 Å². The van der Waals surface area contributed by atoms with Crippen LogP contribution in [-0.2, 0) is 0 Å². The first kappa shape index (κ1) is 16.2. The van der Waals surface area contributed by atoms with E-state index in [4.69, 9.17) is 15.7 Å². The summed E-state index contributed by atoms with van der Waals surface area (Å²) in [4.78, 5) is 19.7. The number of ether oxygens (including phenoxy) is 1. The summed E-state index contributed by atoms with van der Waals surface area (Å²) in [6, 6.07) is 8.44. The molecule has 0 aliphatic carbocycles. The fourth-order valence-electron chi connectivity index (χ4n) is 1.68. The third-order valence-corrected chi connectivity index (χ3v) is 2.75. The number of benzene rings is 1. The van der Waals surface area contributed by atoms with E-state index in [-0.39, 0.29) is 11.5 Å². The maximum absolute atomic E-state index is 12.0. The van der Waals surface area contributed by atoms with E-state index in [1.807, 2.05) is 12.1 Å². The van der Waals surface area contributed by atoms with Crippen LogP contribution in [0.4, 0.5) is 16.3 Å². The number of urea groups is 1. The molecule has 0 aliphatic heterocycles. The Morgan fingerprint density at radius 3 is 2.78 bits per heavy atom. The van der Waals surface area contributed by atoms with Crippen molar-refractivity contribution in [2.24, 2.45) is 5.73 Å². The molecule has 8 heteroatoms. The Kier molecular flexibility index (Phi) is 5.85. The molecule has 0 atom stereocenters. The molecule has 2 amide bonds. The van der Waals surface area contributed by atoms with Gasteiger partial charge in [-0.05, 0) is 25.1 Å². The molecule has 0 spiro atoms. The summed E-state index contributed by atoms with van der Waals surface area (Å²) in [6.07, 6.45) is 3.31. The quantitative estimate of drug-likeness (QED) is 0.697. The fraction of sp³-hybridized carbons (Fsp3) is 0.200. The molecule has 118 valence electrons. The number of para-hydroxylation sites is 2. The highest BCUT2D eigenvalue weighted by Gasteiger charge is 2.08. The lowest BCUT2D eigenvalue weighted by atomic mass is 10.3. The molecular weight excluding hydrogens is 296 g/mol. The first-order valence-corrected chi connectivity index (χ1v) is 6.95. The number of carbonyl (C=O) groups is 1. The number of rotatable bonds is 6. The monoisotopic (exact) mass is 312 g/mol. The number of hydrogen-bond donors (Lipinski definition) is 3. The zero-order valence-electron chi connectivity index (χ0n) is 12.3. The standard InChI is InChI=1S/C15H16N6O2/c16-6-3-7-23-13-5-2-1-4-12(13)20-15(22)21-14-10-18-11(8-17)9-19-14/h1-2,4-5,9-10H,3,6-7,16H2,(H2,19,20,21,22). The lowest BCUT2D eigenvalue weighted by Gasteiger charge is -2.12. The highest BCUT2D eigenvalue weighted by molar-refractivity contribution is 6.00. The fourth-order valence-corrected chi connectivity index (χ4v) is 1.68. The molecule has 0 bridgehead atoms. The van der Waals surface area contributed by atoms with Crippen LogP contribution >= 0.6 is 0 Å². The normalized spacial score (nSPS) is 9.74. The Morgan fingerprint density at radius 1 is 1.26 bits per heavy atom. The highest BCUT2D eigenvalue weighted by atomic mass is 16.5. The van der Waals surface area contributed by atoms with Crippen LogP contribution in [0.2, 0.25) is 0 Å². The minimum atomic E-state index is -0.487. The molecule has 0 fully saturated rings. The SMILES string of the molecule is N#Cc1cnc(NC(=O)Nc2ccccc2OCCCN)cn1. The van der Waals surface area contributed by atoms with Crippen LogP contribution < -0.4 is 21.1 Å². The van der Waals surface area contributed by atoms with Crippen LogP contribution in [0.25, 0.3) is 0 Å². The Morgan fingerprint density at radius 2 is 2.09 bits per heavy atom. The number of aromatic nitrogens is 2. The second-order valence-electron chi connectivity index (χ2n) is 4.46. The highest BCUT2D eigenvalue weighted by Crippen LogP contribution is 2.23. The third kappa shape index (κ3) is 4.94. The summed E-state index contributed by atoms with van der Waals surface area (Å²) in [5, 5.41) is 13.9. The minimum Gasteiger partial charge on any atom is -0.491 e. The number of nitrogens with two attached hydrogens (primary N) is 1. The van der Waals surface area contributed by atoms with Gasteiger partial charge in [0.15, 0.2) is 11.5 Å². The van der Waals surface area contributed by atoms with Gasteiger partial charge in [-0.3, -0.25) is 5.32 Å². The van der Waals surface area contributed by atoms with Gasteiger partial charge in [0, 0.05) is 0 Å². The molecule has 1 aromatic carbocycles. The molecule has 23 heavy (non-hydrogen) atoms. The van der Waals surface area contributed by atoms with Gasteiger partial charge in [-0.25, -0.2) is 14.8 Å². The second kappa shape index (κ2) is 8.31. The predicted molar refractivity (Wildman–Crippen MR) is 85.0 cm³/mol. The minimum absolute atomic E-state index is 0.176. The Bertz CT molecular complexity index is 696. The molecule has 0 unspecified atom stereocenters. The summed E-state index contributed by atoms with van der Waals surface area (Å²) in [6.45, 7) is 1.01. The molecule has 0 aliphatic rings. The molecule has 4 N–H and O–H groups in total. The van der Waals surface area contributed by atoms with Crippen LogP contribution in [0.3, 0.4) is 0 Å². The average molecular weight is 312 g/mol. The van der Waals surface area contributed by atoms with Crippen molar-refractivity contribution in [3.63, 3.8) is 0 Å². The van der Waals surface area contributed by atoms with E-state index >= 15 is 0 Å². The Labute approximate surface area is 133 Å². The molecule has 8 nitrogen and oxygen atoms in total. The summed E-state index contributed by atoms with van der Waals surface area (Å²) in [7, 11) is 0. The number of amides is 2. The Balaban J connectivity index is 1.98. The van der Waals surface area contributed by atoms with Gasteiger partial charge in [-0.2, -0.15) is 5.26 Å². The van der Waals surface area contributed by atoms with Crippen molar-refractivity contribution in [3.8, 4) is 11.8 Å². The van der Waals surface area contributed by atoms with Gasteiger partial charge in [0.2, 0.25) is 0 Å². The maximum atomic E-state index is 12.0. The van der Waals surface area contributed by atoms with E-state index in [0.717, 1.165) is 6.42 Å². The van der Waals surface area contributed by atoms with E-state index < -0.39 is 6.03 Å². The molecular formula is C15H16N6O2. The third-order valence-electron chi connectivity index (χ3n) is 2.75. The van der Waals surface area contributed by atoms with Crippen LogP contribution in [-0.4, -0.2) is 29.2 Å². The summed E-state index contributed by atoms with van der Waals surface area (Å²) in [5.74, 6) is 0.796. The molecule has 0 saturated carbocycles. The lowest BCUT2D eigenvalue weighted by Crippen LogP contribution is -2.21. The lowest BCUT2D eigenvalue weighted by molar-refractivity contribution is 0.261. The second-order valence-corrected chi connectivity index (χ2v) is 4.46. The van der Waals surface area contributed by atoms with E-state index in [1.54, 1.807) is 18.2 Å². The molecule has 1 heterocycles. The van der Waals surface area contributed by atoms with Crippen LogP contribution in [0.1, 0.15) is 12.1 Å². The summed E-state index contributed by atoms with van der Waals surface area (Å²) in [5.41, 5.74) is 6.13. The number of nitrogens with one attached hydrogen (secondary N) is 2. The van der Waals surface area contributed by atoms with Gasteiger partial charge in [0.05, 0.1) is 24.7 Å². The number of anilines is 2. The summed E-state index contributed by atoms with van der Waals surface area (Å²) >= 11 is 0. The summed E-state index contributed by atoms with van der Waals surface area (Å²) < 4.78 is 5.57. The molecule has 2 rings (SSSR count). The van der Waals surface area contributed by atoms with Gasteiger partial charge in [0.1, 0.15) is 11.8 Å². The van der Waals surface area contributed by atoms with E-state index in [0.29, 0.717) is 24.6 Å². The molecule has 1 aromatic heterocycles. The van der Waals surface area contributed by atoms with Gasteiger partial charge in [-0.1, -0.05) is 12.1 Å². The molecule has 0 saturated heterocycles. The van der Waals surface area contributed by atoms with Crippen molar-refractivity contribution in [3.05, 3.63) is 42.4 Å². The van der Waals surface area contributed by atoms with Crippen molar-refractivity contribution < 1.29 is 9.53 Å². The first-order valence-electron chi connectivity index (χ1n) is 6.95. The van der Waals surface area contributed by atoms with Crippen molar-refractivity contribution in [1.82, 2.24) is 9.97 Å².